The van der Waals surface area contributed by atoms with E-state index in [1.165, 1.54) is 5.56 Å². The molecule has 14 heavy (non-hydrogen) atoms. The smallest absolute Gasteiger partial charge is 0.127 e. The molecule has 2 aliphatic heterocycles. The molecular formula is C11H12ClNO. The number of fused-ring (bicyclic) bond motifs is 1. The van der Waals surface area contributed by atoms with Crippen LogP contribution in [0.5, 0.6) is 5.75 Å². The molecule has 1 aromatic carbocycles. The summed E-state index contributed by atoms with van der Waals surface area (Å²) in [6.07, 6.45) is 2.03. The molecule has 1 saturated heterocycles. The van der Waals surface area contributed by atoms with Gasteiger partial charge in [-0.1, -0.05) is 17.7 Å². The van der Waals surface area contributed by atoms with Gasteiger partial charge in [0, 0.05) is 30.0 Å². The molecule has 3 rings (SSSR count). The number of nitrogens with one attached hydrogen (secondary N) is 1. The maximum atomic E-state index is 6.13. The van der Waals surface area contributed by atoms with E-state index < -0.39 is 0 Å². The van der Waals surface area contributed by atoms with E-state index in [9.17, 15) is 0 Å². The third-order valence-electron chi connectivity index (χ3n) is 3.11. The Morgan fingerprint density at radius 3 is 3.07 bits per heavy atom. The third kappa shape index (κ3) is 1.14. The van der Waals surface area contributed by atoms with Gasteiger partial charge in [0.05, 0.1) is 0 Å². The van der Waals surface area contributed by atoms with Crippen LogP contribution in [0.3, 0.4) is 0 Å². The molecule has 0 radical (unpaired) electrons. The first-order chi connectivity index (χ1) is 6.79. The van der Waals surface area contributed by atoms with Crippen molar-refractivity contribution in [3.05, 3.63) is 28.8 Å². The summed E-state index contributed by atoms with van der Waals surface area (Å²) in [5.41, 5.74) is 1.17. The molecule has 1 spiro atoms. The summed E-state index contributed by atoms with van der Waals surface area (Å²) in [6, 6.07) is 5.89. The molecule has 2 heterocycles. The topological polar surface area (TPSA) is 21.3 Å². The number of halogens is 1. The van der Waals surface area contributed by atoms with Crippen LogP contribution in [0.4, 0.5) is 0 Å². The second kappa shape index (κ2) is 2.88. The van der Waals surface area contributed by atoms with Gasteiger partial charge in [-0.05, 0) is 18.7 Å². The quantitative estimate of drug-likeness (QED) is 0.706. The number of benzene rings is 1. The number of hydrogen-bond acceptors (Lipinski definition) is 2. The van der Waals surface area contributed by atoms with Crippen molar-refractivity contribution < 1.29 is 4.74 Å². The predicted molar refractivity (Wildman–Crippen MR) is 56.0 cm³/mol. The molecule has 1 N–H and O–H groups in total. The molecule has 1 unspecified atom stereocenters. The average Bonchev–Trinajstić information content (AvgIpc) is 2.75. The molecule has 74 valence electrons. The highest BCUT2D eigenvalue weighted by Gasteiger charge is 2.42. The number of hydrogen-bond donors (Lipinski definition) is 1. The van der Waals surface area contributed by atoms with Gasteiger partial charge in [0.2, 0.25) is 0 Å². The van der Waals surface area contributed by atoms with E-state index >= 15 is 0 Å². The van der Waals surface area contributed by atoms with E-state index in [-0.39, 0.29) is 5.60 Å². The molecule has 0 amide bonds. The first-order valence-electron chi connectivity index (χ1n) is 4.96. The van der Waals surface area contributed by atoms with Crippen molar-refractivity contribution in [3.63, 3.8) is 0 Å². The summed E-state index contributed by atoms with van der Waals surface area (Å²) in [5.74, 6) is 0.973. The molecular weight excluding hydrogens is 198 g/mol. The van der Waals surface area contributed by atoms with Gasteiger partial charge < -0.3 is 10.1 Å². The Morgan fingerprint density at radius 2 is 2.36 bits per heavy atom. The van der Waals surface area contributed by atoms with Gasteiger partial charge >= 0.3 is 0 Å². The highest BCUT2D eigenvalue weighted by Crippen LogP contribution is 2.41. The van der Waals surface area contributed by atoms with Crippen molar-refractivity contribution in [3.8, 4) is 5.75 Å². The molecule has 2 aliphatic rings. The molecule has 0 saturated carbocycles. The first-order valence-corrected chi connectivity index (χ1v) is 5.34. The molecule has 1 fully saturated rings. The van der Waals surface area contributed by atoms with Gasteiger partial charge in [0.1, 0.15) is 11.4 Å². The normalized spacial score (nSPS) is 29.2. The lowest BCUT2D eigenvalue weighted by Gasteiger charge is -2.21. The molecule has 0 aromatic heterocycles. The summed E-state index contributed by atoms with van der Waals surface area (Å²) in [7, 11) is 0. The van der Waals surface area contributed by atoms with Crippen molar-refractivity contribution in [1.29, 1.82) is 0 Å². The summed E-state index contributed by atoms with van der Waals surface area (Å²) < 4.78 is 5.99. The van der Waals surface area contributed by atoms with E-state index in [4.69, 9.17) is 16.3 Å². The van der Waals surface area contributed by atoms with Crippen LogP contribution in [0.1, 0.15) is 12.0 Å². The van der Waals surface area contributed by atoms with Gasteiger partial charge in [-0.25, -0.2) is 0 Å². The van der Waals surface area contributed by atoms with Crippen LogP contribution in [-0.4, -0.2) is 18.7 Å². The maximum Gasteiger partial charge on any atom is 0.127 e. The average molecular weight is 210 g/mol. The lowest BCUT2D eigenvalue weighted by atomic mass is 9.96. The Morgan fingerprint density at radius 1 is 1.43 bits per heavy atom. The highest BCUT2D eigenvalue weighted by molar-refractivity contribution is 6.31. The van der Waals surface area contributed by atoms with Crippen LogP contribution < -0.4 is 10.1 Å². The van der Waals surface area contributed by atoms with Crippen molar-refractivity contribution >= 4 is 11.6 Å². The molecule has 0 bridgehead atoms. The van der Waals surface area contributed by atoms with Crippen LogP contribution >= 0.6 is 11.6 Å². The fourth-order valence-corrected chi connectivity index (χ4v) is 2.59. The van der Waals surface area contributed by atoms with E-state index in [1.54, 1.807) is 0 Å². The minimum atomic E-state index is -0.00662. The lowest BCUT2D eigenvalue weighted by Crippen LogP contribution is -2.36. The lowest BCUT2D eigenvalue weighted by molar-refractivity contribution is 0.118. The molecule has 1 aromatic rings. The fourth-order valence-electron chi connectivity index (χ4n) is 2.36. The van der Waals surface area contributed by atoms with Crippen molar-refractivity contribution in [2.45, 2.75) is 18.4 Å². The summed E-state index contributed by atoms with van der Waals surface area (Å²) in [5, 5.41) is 4.18. The first kappa shape index (κ1) is 8.57. The SMILES string of the molecule is Clc1cccc2c1CC1(CCNC1)O2. The number of ether oxygens (including phenoxy) is 1. The summed E-state index contributed by atoms with van der Waals surface area (Å²) >= 11 is 6.13. The van der Waals surface area contributed by atoms with E-state index in [1.807, 2.05) is 18.2 Å². The Balaban J connectivity index is 2.00. The standard InChI is InChI=1S/C11H12ClNO/c12-9-2-1-3-10-8(9)6-11(14-10)4-5-13-7-11/h1-3,13H,4-7H2. The Hall–Kier alpha value is -0.730. The summed E-state index contributed by atoms with van der Waals surface area (Å²) in [6.45, 7) is 1.99. The van der Waals surface area contributed by atoms with E-state index in [2.05, 4.69) is 5.32 Å². The highest BCUT2D eigenvalue weighted by atomic mass is 35.5. The zero-order valence-corrected chi connectivity index (χ0v) is 8.60. The van der Waals surface area contributed by atoms with Crippen molar-refractivity contribution in [1.82, 2.24) is 5.32 Å². The fraction of sp³-hybridized carbons (Fsp3) is 0.455. The van der Waals surface area contributed by atoms with Crippen LogP contribution in [0.2, 0.25) is 5.02 Å². The van der Waals surface area contributed by atoms with Crippen molar-refractivity contribution in [2.75, 3.05) is 13.1 Å². The molecule has 2 nitrogen and oxygen atoms in total. The minimum Gasteiger partial charge on any atom is -0.485 e. The minimum absolute atomic E-state index is 0.00662. The maximum absolute atomic E-state index is 6.13. The molecule has 0 aliphatic carbocycles. The predicted octanol–water partition coefficient (Wildman–Crippen LogP) is 2.01. The second-order valence-corrected chi connectivity index (χ2v) is 4.51. The van der Waals surface area contributed by atoms with Crippen LogP contribution in [0.15, 0.2) is 18.2 Å². The van der Waals surface area contributed by atoms with Gasteiger partial charge in [-0.15, -0.1) is 0 Å². The van der Waals surface area contributed by atoms with Gasteiger partial charge in [0.15, 0.2) is 0 Å². The van der Waals surface area contributed by atoms with Crippen molar-refractivity contribution in [2.24, 2.45) is 0 Å². The van der Waals surface area contributed by atoms with E-state index in [0.29, 0.717) is 0 Å². The Bertz CT molecular complexity index is 372. The van der Waals surface area contributed by atoms with Gasteiger partial charge in [-0.3, -0.25) is 0 Å². The largest absolute Gasteiger partial charge is 0.485 e. The summed E-state index contributed by atoms with van der Waals surface area (Å²) in [4.78, 5) is 0. The Kier molecular flexibility index (Phi) is 1.76. The van der Waals surface area contributed by atoms with Gasteiger partial charge in [-0.2, -0.15) is 0 Å². The molecule has 1 atom stereocenters. The monoisotopic (exact) mass is 209 g/mol. The zero-order valence-electron chi connectivity index (χ0n) is 7.85. The molecule has 3 heteroatoms. The van der Waals surface area contributed by atoms with Crippen LogP contribution in [-0.2, 0) is 6.42 Å². The van der Waals surface area contributed by atoms with Gasteiger partial charge in [0.25, 0.3) is 0 Å². The van der Waals surface area contributed by atoms with E-state index in [0.717, 1.165) is 36.7 Å². The third-order valence-corrected chi connectivity index (χ3v) is 3.46. The van der Waals surface area contributed by atoms with Crippen LogP contribution in [0.25, 0.3) is 0 Å². The Labute approximate surface area is 88.2 Å². The second-order valence-electron chi connectivity index (χ2n) is 4.11. The van der Waals surface area contributed by atoms with Crippen LogP contribution in [0, 0.1) is 0 Å². The zero-order chi connectivity index (χ0) is 9.60. The number of rotatable bonds is 0.